The topological polar surface area (TPSA) is 37.3 Å². The van der Waals surface area contributed by atoms with E-state index >= 15 is 0 Å². The lowest BCUT2D eigenvalue weighted by atomic mass is 10.1. The van der Waals surface area contributed by atoms with Gasteiger partial charge in [0.15, 0.2) is 5.78 Å². The highest BCUT2D eigenvalue weighted by Gasteiger charge is 2.08. The van der Waals surface area contributed by atoms with Gasteiger partial charge in [-0.25, -0.2) is 0 Å². The number of phenolic OH excluding ortho intramolecular Hbond substituents is 1. The highest BCUT2D eigenvalue weighted by Crippen LogP contribution is 2.22. The Morgan fingerprint density at radius 3 is 2.64 bits per heavy atom. The molecule has 1 aromatic carbocycles. The van der Waals surface area contributed by atoms with Crippen LogP contribution in [0.1, 0.15) is 24.2 Å². The number of ketones is 1. The number of hydrogen-bond acceptors (Lipinski definition) is 2. The van der Waals surface area contributed by atoms with E-state index in [4.69, 9.17) is 11.6 Å². The molecule has 0 unspecified atom stereocenters. The molecule has 0 saturated heterocycles. The Hall–Kier alpha value is -1.28. The van der Waals surface area contributed by atoms with Gasteiger partial charge in [0.1, 0.15) is 5.75 Å². The highest BCUT2D eigenvalue weighted by molar-refractivity contribution is 6.31. The number of rotatable bonds is 2. The van der Waals surface area contributed by atoms with Crippen molar-refractivity contribution in [2.45, 2.75) is 13.8 Å². The van der Waals surface area contributed by atoms with Crippen LogP contribution in [0.25, 0.3) is 0 Å². The first-order valence-electron chi connectivity index (χ1n) is 4.18. The lowest BCUT2D eigenvalue weighted by Gasteiger charge is -2.01. The Labute approximate surface area is 87.8 Å². The summed E-state index contributed by atoms with van der Waals surface area (Å²) in [4.78, 5) is 11.5. The van der Waals surface area contributed by atoms with E-state index in [0.717, 1.165) is 5.57 Å². The van der Waals surface area contributed by atoms with Crippen LogP contribution in [0.5, 0.6) is 5.75 Å². The van der Waals surface area contributed by atoms with Crippen molar-refractivity contribution in [3.05, 3.63) is 40.4 Å². The van der Waals surface area contributed by atoms with Gasteiger partial charge in [0.25, 0.3) is 0 Å². The van der Waals surface area contributed by atoms with Crippen molar-refractivity contribution in [3.8, 4) is 5.75 Å². The largest absolute Gasteiger partial charge is 0.507 e. The summed E-state index contributed by atoms with van der Waals surface area (Å²) in [6.45, 7) is 3.64. The van der Waals surface area contributed by atoms with Gasteiger partial charge in [0, 0.05) is 5.02 Å². The summed E-state index contributed by atoms with van der Waals surface area (Å²) in [6.07, 6.45) is 1.46. The summed E-state index contributed by atoms with van der Waals surface area (Å²) < 4.78 is 0. The zero-order valence-electron chi connectivity index (χ0n) is 8.04. The molecule has 3 heteroatoms. The van der Waals surface area contributed by atoms with Crippen LogP contribution in [0, 0.1) is 0 Å². The van der Waals surface area contributed by atoms with E-state index in [1.165, 1.54) is 24.3 Å². The summed E-state index contributed by atoms with van der Waals surface area (Å²) in [5.74, 6) is -0.276. The molecule has 1 rings (SSSR count). The molecule has 0 bridgehead atoms. The fraction of sp³-hybridized carbons (Fsp3) is 0.182. The summed E-state index contributed by atoms with van der Waals surface area (Å²) >= 11 is 5.71. The second kappa shape index (κ2) is 4.29. The third kappa shape index (κ3) is 2.60. The molecule has 0 fully saturated rings. The number of aromatic hydroxyl groups is 1. The standard InChI is InChI=1S/C11H11ClO2/c1-7(2)5-11(14)9-6-8(12)3-4-10(9)13/h3-6,13H,1-2H3. The Morgan fingerprint density at radius 1 is 1.43 bits per heavy atom. The first kappa shape index (κ1) is 10.8. The molecule has 0 aromatic heterocycles. The van der Waals surface area contributed by atoms with Crippen molar-refractivity contribution in [2.24, 2.45) is 0 Å². The van der Waals surface area contributed by atoms with Crippen molar-refractivity contribution >= 4 is 17.4 Å². The molecule has 0 spiro atoms. The lowest BCUT2D eigenvalue weighted by Crippen LogP contribution is -1.95. The van der Waals surface area contributed by atoms with Crippen LogP contribution in [0.15, 0.2) is 29.8 Å². The summed E-state index contributed by atoms with van der Waals surface area (Å²) in [5.41, 5.74) is 1.12. The summed E-state index contributed by atoms with van der Waals surface area (Å²) in [5, 5.41) is 9.85. The molecule has 1 N–H and O–H groups in total. The van der Waals surface area contributed by atoms with E-state index in [1.54, 1.807) is 0 Å². The van der Waals surface area contributed by atoms with Gasteiger partial charge in [-0.15, -0.1) is 0 Å². The van der Waals surface area contributed by atoms with E-state index in [1.807, 2.05) is 13.8 Å². The van der Waals surface area contributed by atoms with Crippen LogP contribution in [-0.4, -0.2) is 10.9 Å². The maximum Gasteiger partial charge on any atom is 0.189 e. The van der Waals surface area contributed by atoms with Crippen molar-refractivity contribution in [3.63, 3.8) is 0 Å². The zero-order chi connectivity index (χ0) is 10.7. The smallest absolute Gasteiger partial charge is 0.189 e. The number of allylic oxidation sites excluding steroid dienone is 2. The molecule has 0 radical (unpaired) electrons. The molecular weight excluding hydrogens is 200 g/mol. The van der Waals surface area contributed by atoms with E-state index < -0.39 is 0 Å². The second-order valence-electron chi connectivity index (χ2n) is 3.25. The molecule has 0 aliphatic rings. The SMILES string of the molecule is CC(C)=CC(=O)c1cc(Cl)ccc1O. The van der Waals surface area contributed by atoms with Crippen molar-refractivity contribution < 1.29 is 9.90 Å². The van der Waals surface area contributed by atoms with Gasteiger partial charge in [0.2, 0.25) is 0 Å². The van der Waals surface area contributed by atoms with Crippen LogP contribution in [-0.2, 0) is 0 Å². The third-order valence-corrected chi connectivity index (χ3v) is 1.88. The van der Waals surface area contributed by atoms with Crippen molar-refractivity contribution in [2.75, 3.05) is 0 Å². The highest BCUT2D eigenvalue weighted by atomic mass is 35.5. The van der Waals surface area contributed by atoms with Crippen molar-refractivity contribution in [1.82, 2.24) is 0 Å². The fourth-order valence-electron chi connectivity index (χ4n) is 1.05. The quantitative estimate of drug-likeness (QED) is 0.601. The van der Waals surface area contributed by atoms with Crippen LogP contribution >= 0.6 is 11.6 Å². The van der Waals surface area contributed by atoms with E-state index in [9.17, 15) is 9.90 Å². The number of halogens is 1. The normalized spacial score (nSPS) is 9.64. The first-order chi connectivity index (χ1) is 6.50. The van der Waals surface area contributed by atoms with Crippen LogP contribution in [0.2, 0.25) is 5.02 Å². The predicted octanol–water partition coefficient (Wildman–Crippen LogP) is 3.19. The summed E-state index contributed by atoms with van der Waals surface area (Å²) in [7, 11) is 0. The van der Waals surface area contributed by atoms with Gasteiger partial charge >= 0.3 is 0 Å². The molecule has 0 aliphatic heterocycles. The van der Waals surface area contributed by atoms with Crippen LogP contribution in [0.4, 0.5) is 0 Å². The zero-order valence-corrected chi connectivity index (χ0v) is 8.80. The minimum atomic E-state index is -0.231. The molecule has 74 valence electrons. The molecule has 0 aliphatic carbocycles. The molecule has 14 heavy (non-hydrogen) atoms. The average molecular weight is 211 g/mol. The molecule has 0 atom stereocenters. The molecule has 0 saturated carbocycles. The van der Waals surface area contributed by atoms with Gasteiger partial charge in [-0.2, -0.15) is 0 Å². The number of hydrogen-bond donors (Lipinski definition) is 1. The number of carbonyl (C=O) groups is 1. The Balaban J connectivity index is 3.12. The molecule has 1 aromatic rings. The molecule has 0 amide bonds. The van der Waals surface area contributed by atoms with Crippen molar-refractivity contribution in [1.29, 1.82) is 0 Å². The Kier molecular flexibility index (Phi) is 3.31. The number of benzene rings is 1. The predicted molar refractivity (Wildman–Crippen MR) is 56.9 cm³/mol. The number of carbonyl (C=O) groups excluding carboxylic acids is 1. The van der Waals surface area contributed by atoms with E-state index in [0.29, 0.717) is 5.02 Å². The third-order valence-electron chi connectivity index (χ3n) is 1.64. The minimum absolute atomic E-state index is 0.0445. The summed E-state index contributed by atoms with van der Waals surface area (Å²) in [6, 6.07) is 4.41. The maximum absolute atomic E-state index is 11.5. The average Bonchev–Trinajstić information content (AvgIpc) is 2.08. The maximum atomic E-state index is 11.5. The second-order valence-corrected chi connectivity index (χ2v) is 3.68. The Morgan fingerprint density at radius 2 is 2.07 bits per heavy atom. The van der Waals surface area contributed by atoms with E-state index in [-0.39, 0.29) is 17.1 Å². The first-order valence-corrected chi connectivity index (χ1v) is 4.56. The van der Waals surface area contributed by atoms with E-state index in [2.05, 4.69) is 0 Å². The van der Waals surface area contributed by atoms with Crippen LogP contribution < -0.4 is 0 Å². The fourth-order valence-corrected chi connectivity index (χ4v) is 1.22. The van der Waals surface area contributed by atoms with Gasteiger partial charge < -0.3 is 5.11 Å². The van der Waals surface area contributed by atoms with Gasteiger partial charge in [-0.3, -0.25) is 4.79 Å². The molecule has 0 heterocycles. The Bertz CT molecular complexity index is 390. The van der Waals surface area contributed by atoms with Gasteiger partial charge in [-0.1, -0.05) is 17.2 Å². The molecular formula is C11H11ClO2. The van der Waals surface area contributed by atoms with Gasteiger partial charge in [-0.05, 0) is 38.1 Å². The minimum Gasteiger partial charge on any atom is -0.507 e. The number of phenols is 1. The lowest BCUT2D eigenvalue weighted by molar-refractivity contribution is 0.104. The van der Waals surface area contributed by atoms with Crippen LogP contribution in [0.3, 0.4) is 0 Å². The monoisotopic (exact) mass is 210 g/mol. The molecule has 2 nitrogen and oxygen atoms in total. The van der Waals surface area contributed by atoms with Gasteiger partial charge in [0.05, 0.1) is 5.56 Å².